The lowest BCUT2D eigenvalue weighted by Gasteiger charge is -2.23. The standard InChI is InChI=1S/C21H24O6/c1-15(22)26-20-19(25-13-17-10-6-3-7-11-17)18(27-21(20)23)14-24-12-16-8-4-2-5-9-16/h2-11,18-21,23H,12-14H2,1H3/t18-,19?,20?,21?/m1/s1. The normalized spacial score (nSPS) is 24.7. The number of ether oxygens (including phenoxy) is 4. The van der Waals surface area contributed by atoms with E-state index in [0.717, 1.165) is 11.1 Å². The number of esters is 1. The van der Waals surface area contributed by atoms with E-state index in [2.05, 4.69) is 0 Å². The minimum absolute atomic E-state index is 0.211. The maximum atomic E-state index is 11.4. The summed E-state index contributed by atoms with van der Waals surface area (Å²) in [6.45, 7) is 2.23. The van der Waals surface area contributed by atoms with Gasteiger partial charge in [0.2, 0.25) is 0 Å². The molecule has 0 radical (unpaired) electrons. The van der Waals surface area contributed by atoms with Gasteiger partial charge in [-0.1, -0.05) is 60.7 Å². The van der Waals surface area contributed by atoms with E-state index in [1.54, 1.807) is 0 Å². The number of carbonyl (C=O) groups excluding carboxylic acids is 1. The first kappa shape index (κ1) is 19.5. The molecule has 6 heteroatoms. The molecule has 27 heavy (non-hydrogen) atoms. The van der Waals surface area contributed by atoms with Crippen molar-refractivity contribution in [3.63, 3.8) is 0 Å². The van der Waals surface area contributed by atoms with E-state index in [4.69, 9.17) is 18.9 Å². The van der Waals surface area contributed by atoms with Crippen LogP contribution in [-0.4, -0.2) is 42.3 Å². The number of benzene rings is 2. The first-order chi connectivity index (χ1) is 13.1. The molecule has 2 aromatic rings. The fourth-order valence-electron chi connectivity index (χ4n) is 2.99. The average molecular weight is 372 g/mol. The van der Waals surface area contributed by atoms with Crippen LogP contribution >= 0.6 is 0 Å². The van der Waals surface area contributed by atoms with Gasteiger partial charge in [0.25, 0.3) is 0 Å². The predicted molar refractivity (Wildman–Crippen MR) is 97.6 cm³/mol. The summed E-state index contributed by atoms with van der Waals surface area (Å²) >= 11 is 0. The van der Waals surface area contributed by atoms with Crippen LogP contribution in [0.5, 0.6) is 0 Å². The smallest absolute Gasteiger partial charge is 0.303 e. The van der Waals surface area contributed by atoms with Gasteiger partial charge in [-0.25, -0.2) is 0 Å². The van der Waals surface area contributed by atoms with Crippen molar-refractivity contribution in [3.05, 3.63) is 71.8 Å². The largest absolute Gasteiger partial charge is 0.454 e. The summed E-state index contributed by atoms with van der Waals surface area (Å²) in [5.41, 5.74) is 2.01. The molecule has 0 saturated carbocycles. The summed E-state index contributed by atoms with van der Waals surface area (Å²) in [6, 6.07) is 19.4. The lowest BCUT2D eigenvalue weighted by Crippen LogP contribution is -2.40. The van der Waals surface area contributed by atoms with Crippen molar-refractivity contribution in [2.24, 2.45) is 0 Å². The summed E-state index contributed by atoms with van der Waals surface area (Å²) in [4.78, 5) is 11.4. The number of aliphatic hydroxyl groups excluding tert-OH is 1. The Morgan fingerprint density at radius 2 is 1.56 bits per heavy atom. The fourth-order valence-corrected chi connectivity index (χ4v) is 2.99. The molecule has 2 aromatic carbocycles. The third-order valence-corrected chi connectivity index (χ3v) is 4.27. The summed E-state index contributed by atoms with van der Waals surface area (Å²) in [7, 11) is 0. The summed E-state index contributed by atoms with van der Waals surface area (Å²) in [6.07, 6.45) is -3.31. The van der Waals surface area contributed by atoms with Crippen LogP contribution in [0.1, 0.15) is 18.1 Å². The van der Waals surface area contributed by atoms with Gasteiger partial charge in [-0.15, -0.1) is 0 Å². The second-order valence-corrected chi connectivity index (χ2v) is 6.40. The van der Waals surface area contributed by atoms with Crippen molar-refractivity contribution in [1.29, 1.82) is 0 Å². The van der Waals surface area contributed by atoms with E-state index < -0.39 is 30.6 Å². The molecule has 0 bridgehead atoms. The van der Waals surface area contributed by atoms with E-state index in [9.17, 15) is 9.90 Å². The number of aliphatic hydroxyl groups is 1. The summed E-state index contributed by atoms with van der Waals surface area (Å²) in [5.74, 6) is -0.498. The minimum Gasteiger partial charge on any atom is -0.454 e. The van der Waals surface area contributed by atoms with Gasteiger partial charge in [0.15, 0.2) is 12.4 Å². The van der Waals surface area contributed by atoms with E-state index in [1.807, 2.05) is 60.7 Å². The summed E-state index contributed by atoms with van der Waals surface area (Å²) < 4.78 is 22.4. The monoisotopic (exact) mass is 372 g/mol. The molecule has 4 atom stereocenters. The zero-order valence-electron chi connectivity index (χ0n) is 15.2. The van der Waals surface area contributed by atoms with Crippen LogP contribution in [0.2, 0.25) is 0 Å². The van der Waals surface area contributed by atoms with Gasteiger partial charge in [-0.3, -0.25) is 4.79 Å². The maximum Gasteiger partial charge on any atom is 0.303 e. The van der Waals surface area contributed by atoms with Crippen LogP contribution in [0.4, 0.5) is 0 Å². The van der Waals surface area contributed by atoms with Gasteiger partial charge in [0.05, 0.1) is 19.8 Å². The highest BCUT2D eigenvalue weighted by Gasteiger charge is 2.47. The Kier molecular flexibility index (Phi) is 6.95. The van der Waals surface area contributed by atoms with Crippen molar-refractivity contribution in [2.75, 3.05) is 6.61 Å². The SMILES string of the molecule is CC(=O)OC1C(O)O[C@H](COCc2ccccc2)C1OCc1ccccc1. The molecule has 3 unspecified atom stereocenters. The molecule has 1 fully saturated rings. The number of rotatable bonds is 8. The Morgan fingerprint density at radius 1 is 0.963 bits per heavy atom. The first-order valence-corrected chi connectivity index (χ1v) is 8.91. The van der Waals surface area contributed by atoms with Crippen molar-refractivity contribution in [1.82, 2.24) is 0 Å². The molecule has 0 aliphatic carbocycles. The van der Waals surface area contributed by atoms with Crippen molar-refractivity contribution >= 4 is 5.97 Å². The molecule has 1 aliphatic heterocycles. The van der Waals surface area contributed by atoms with E-state index in [0.29, 0.717) is 13.2 Å². The molecule has 1 heterocycles. The molecule has 0 amide bonds. The van der Waals surface area contributed by atoms with Gasteiger partial charge in [-0.2, -0.15) is 0 Å². The van der Waals surface area contributed by atoms with Crippen LogP contribution < -0.4 is 0 Å². The van der Waals surface area contributed by atoms with Crippen LogP contribution in [0.25, 0.3) is 0 Å². The van der Waals surface area contributed by atoms with Gasteiger partial charge >= 0.3 is 5.97 Å². The molecule has 0 aromatic heterocycles. The third-order valence-electron chi connectivity index (χ3n) is 4.27. The summed E-state index contributed by atoms with van der Waals surface area (Å²) in [5, 5.41) is 10.2. The Balaban J connectivity index is 1.61. The average Bonchev–Trinajstić information content (AvgIpc) is 2.96. The minimum atomic E-state index is -1.25. The zero-order chi connectivity index (χ0) is 19.1. The number of hydrogen-bond acceptors (Lipinski definition) is 6. The number of hydrogen-bond donors (Lipinski definition) is 1. The second kappa shape index (κ2) is 9.62. The van der Waals surface area contributed by atoms with Crippen LogP contribution in [0, 0.1) is 0 Å². The van der Waals surface area contributed by atoms with Crippen molar-refractivity contribution < 1.29 is 28.8 Å². The van der Waals surface area contributed by atoms with Gasteiger partial charge in [-0.05, 0) is 11.1 Å². The molecule has 0 spiro atoms. The maximum absolute atomic E-state index is 11.4. The Labute approximate surface area is 158 Å². The lowest BCUT2D eigenvalue weighted by molar-refractivity contribution is -0.172. The highest BCUT2D eigenvalue weighted by molar-refractivity contribution is 5.66. The molecule has 1 saturated heterocycles. The molecule has 1 N–H and O–H groups in total. The number of carbonyl (C=O) groups is 1. The zero-order valence-corrected chi connectivity index (χ0v) is 15.2. The van der Waals surface area contributed by atoms with Gasteiger partial charge in [0, 0.05) is 6.92 Å². The molecule has 144 valence electrons. The fraction of sp³-hybridized carbons (Fsp3) is 0.381. The topological polar surface area (TPSA) is 74.2 Å². The second-order valence-electron chi connectivity index (χ2n) is 6.40. The van der Waals surface area contributed by atoms with Crippen molar-refractivity contribution in [2.45, 2.75) is 44.7 Å². The quantitative estimate of drug-likeness (QED) is 0.718. The van der Waals surface area contributed by atoms with E-state index in [1.165, 1.54) is 6.92 Å². The Morgan fingerprint density at radius 3 is 2.15 bits per heavy atom. The van der Waals surface area contributed by atoms with E-state index >= 15 is 0 Å². The molecular formula is C21H24O6. The lowest BCUT2D eigenvalue weighted by atomic mass is 10.1. The van der Waals surface area contributed by atoms with Gasteiger partial charge < -0.3 is 24.1 Å². The Bertz CT molecular complexity index is 705. The van der Waals surface area contributed by atoms with Crippen LogP contribution in [0.15, 0.2) is 60.7 Å². The third kappa shape index (κ3) is 5.61. The first-order valence-electron chi connectivity index (χ1n) is 8.91. The molecular weight excluding hydrogens is 348 g/mol. The molecule has 3 rings (SSSR count). The van der Waals surface area contributed by atoms with Crippen molar-refractivity contribution in [3.8, 4) is 0 Å². The van der Waals surface area contributed by atoms with Crippen LogP contribution in [-0.2, 0) is 37.0 Å². The van der Waals surface area contributed by atoms with Crippen LogP contribution in [0.3, 0.4) is 0 Å². The predicted octanol–water partition coefficient (Wildman–Crippen LogP) is 2.44. The highest BCUT2D eigenvalue weighted by Crippen LogP contribution is 2.27. The van der Waals surface area contributed by atoms with E-state index in [-0.39, 0.29) is 6.61 Å². The highest BCUT2D eigenvalue weighted by atomic mass is 16.7. The molecule has 1 aliphatic rings. The van der Waals surface area contributed by atoms with Gasteiger partial charge in [0.1, 0.15) is 12.2 Å². The molecule has 6 nitrogen and oxygen atoms in total. The Hall–Kier alpha value is -2.25.